The Morgan fingerprint density at radius 3 is 2.53 bits per heavy atom. The van der Waals surface area contributed by atoms with E-state index in [2.05, 4.69) is 10.2 Å². The van der Waals surface area contributed by atoms with E-state index in [1.54, 1.807) is 60.7 Å². The molecule has 1 heterocycles. The second-order valence-corrected chi connectivity index (χ2v) is 9.47. The number of hydrogen-bond donors (Lipinski definition) is 1. The summed E-state index contributed by atoms with van der Waals surface area (Å²) in [5.74, 6) is -0.0704. The maximum Gasteiger partial charge on any atom is 0.342 e. The van der Waals surface area contributed by atoms with Crippen molar-refractivity contribution in [1.29, 1.82) is 0 Å². The van der Waals surface area contributed by atoms with E-state index < -0.39 is 5.97 Å². The van der Waals surface area contributed by atoms with E-state index in [1.165, 1.54) is 13.2 Å². The highest BCUT2D eigenvalue weighted by Gasteiger charge is 2.19. The van der Waals surface area contributed by atoms with Crippen molar-refractivity contribution in [3.05, 3.63) is 91.8 Å². The van der Waals surface area contributed by atoms with Gasteiger partial charge in [0.25, 0.3) is 11.1 Å². The normalized spacial score (nSPS) is 11.4. The van der Waals surface area contributed by atoms with Crippen LogP contribution in [0.2, 0.25) is 15.1 Å². The van der Waals surface area contributed by atoms with Crippen LogP contribution in [0, 0.1) is 0 Å². The Balaban J connectivity index is 1.57. The third-order valence-electron chi connectivity index (χ3n) is 4.81. The lowest BCUT2D eigenvalue weighted by atomic mass is 10.2. The summed E-state index contributed by atoms with van der Waals surface area (Å²) < 4.78 is 16.9. The van der Waals surface area contributed by atoms with Crippen molar-refractivity contribution in [2.75, 3.05) is 7.11 Å². The average Bonchev–Trinajstić information content (AvgIpc) is 3.32. The Bertz CT molecular complexity index is 1440. The molecule has 184 valence electrons. The van der Waals surface area contributed by atoms with Gasteiger partial charge >= 0.3 is 5.97 Å². The van der Waals surface area contributed by atoms with Gasteiger partial charge in [0.2, 0.25) is 0 Å². The van der Waals surface area contributed by atoms with Gasteiger partial charge in [0.05, 0.1) is 12.7 Å². The second kappa shape index (κ2) is 11.7. The number of hydrogen-bond acceptors (Lipinski definition) is 7. The van der Waals surface area contributed by atoms with Gasteiger partial charge in [-0.2, -0.15) is 0 Å². The molecule has 0 saturated heterocycles. The smallest absolute Gasteiger partial charge is 0.342 e. The van der Waals surface area contributed by atoms with Crippen LogP contribution >= 0.6 is 46.6 Å². The zero-order chi connectivity index (χ0) is 25.7. The molecule has 0 spiro atoms. The molecule has 11 heteroatoms. The molecule has 0 atom stereocenters. The zero-order valence-electron chi connectivity index (χ0n) is 18.6. The van der Waals surface area contributed by atoms with Crippen LogP contribution in [-0.2, 0) is 11.4 Å². The summed E-state index contributed by atoms with van der Waals surface area (Å²) in [6.45, 7) is 0.172. The molecule has 0 bridgehead atoms. The number of aromatic nitrogens is 2. The van der Waals surface area contributed by atoms with Crippen molar-refractivity contribution in [2.45, 2.75) is 11.8 Å². The van der Waals surface area contributed by atoms with Crippen LogP contribution in [0.1, 0.15) is 11.1 Å². The van der Waals surface area contributed by atoms with E-state index in [9.17, 15) is 9.90 Å². The highest BCUT2D eigenvalue weighted by atomic mass is 35.5. The largest absolute Gasteiger partial charge is 0.496 e. The van der Waals surface area contributed by atoms with Crippen LogP contribution in [0.4, 0.5) is 0 Å². The first-order valence-electron chi connectivity index (χ1n) is 10.3. The van der Waals surface area contributed by atoms with Crippen molar-refractivity contribution in [3.8, 4) is 23.0 Å². The van der Waals surface area contributed by atoms with Crippen LogP contribution in [0.25, 0.3) is 17.5 Å². The molecule has 7 nitrogen and oxygen atoms in total. The quantitative estimate of drug-likeness (QED) is 0.165. The molecule has 3 aromatic carbocycles. The molecule has 4 aromatic rings. The minimum absolute atomic E-state index is 0.0343. The fraction of sp³-hybridized carbons (Fsp3) is 0.0800. The number of rotatable bonds is 9. The first-order valence-corrected chi connectivity index (χ1v) is 12.2. The molecule has 0 radical (unpaired) electrons. The van der Waals surface area contributed by atoms with E-state index in [4.69, 9.17) is 48.7 Å². The fourth-order valence-corrected chi connectivity index (χ4v) is 4.40. The zero-order valence-corrected chi connectivity index (χ0v) is 21.7. The molecular weight excluding hydrogens is 547 g/mol. The minimum Gasteiger partial charge on any atom is -0.496 e. The maximum absolute atomic E-state index is 12.0. The van der Waals surface area contributed by atoms with Crippen molar-refractivity contribution >= 4 is 58.6 Å². The van der Waals surface area contributed by atoms with Gasteiger partial charge in [0.1, 0.15) is 23.0 Å². The fourth-order valence-electron chi connectivity index (χ4n) is 3.10. The number of nitrogens with zero attached hydrogens (tertiary/aromatic N) is 2. The van der Waals surface area contributed by atoms with Crippen molar-refractivity contribution in [2.24, 2.45) is 0 Å². The Hall–Kier alpha value is -3.17. The highest BCUT2D eigenvalue weighted by Crippen LogP contribution is 2.36. The van der Waals surface area contributed by atoms with Crippen LogP contribution in [0.5, 0.6) is 11.5 Å². The Labute approximate surface area is 225 Å². The highest BCUT2D eigenvalue weighted by molar-refractivity contribution is 8.03. The SMILES string of the molecule is COc1ccc(Cl)cc1-c1nnc(S/C(=C\c2ccccc2OCc2ccc(Cl)cc2Cl)C(=O)O)o1. The van der Waals surface area contributed by atoms with Gasteiger partial charge in [-0.25, -0.2) is 4.79 Å². The van der Waals surface area contributed by atoms with Gasteiger partial charge in [0, 0.05) is 26.2 Å². The molecule has 0 fully saturated rings. The third-order valence-corrected chi connectivity index (χ3v) is 6.48. The molecular formula is C25H17Cl3N2O5S. The van der Waals surface area contributed by atoms with Crippen LogP contribution < -0.4 is 9.47 Å². The molecule has 0 amide bonds. The van der Waals surface area contributed by atoms with E-state index in [0.29, 0.717) is 37.7 Å². The van der Waals surface area contributed by atoms with E-state index in [0.717, 1.165) is 17.3 Å². The number of methoxy groups -OCH3 is 1. The van der Waals surface area contributed by atoms with Crippen LogP contribution in [-0.4, -0.2) is 28.4 Å². The summed E-state index contributed by atoms with van der Waals surface area (Å²) in [4.78, 5) is 12.0. The number of aliphatic carboxylic acids is 1. The van der Waals surface area contributed by atoms with Crippen LogP contribution in [0.3, 0.4) is 0 Å². The Morgan fingerprint density at radius 1 is 1.03 bits per heavy atom. The van der Waals surface area contributed by atoms with Gasteiger partial charge in [-0.15, -0.1) is 10.2 Å². The molecule has 0 aliphatic heterocycles. The summed E-state index contributed by atoms with van der Waals surface area (Å²) in [5, 5.41) is 19.3. The van der Waals surface area contributed by atoms with Gasteiger partial charge < -0.3 is 19.0 Å². The van der Waals surface area contributed by atoms with Crippen molar-refractivity contribution in [1.82, 2.24) is 10.2 Å². The number of carboxylic acids is 1. The number of carbonyl (C=O) groups is 1. The third kappa shape index (κ3) is 6.33. The Kier molecular flexibility index (Phi) is 8.43. The number of benzene rings is 3. The second-order valence-electron chi connectivity index (χ2n) is 7.20. The number of ether oxygens (including phenoxy) is 2. The first-order chi connectivity index (χ1) is 17.3. The lowest BCUT2D eigenvalue weighted by Gasteiger charge is -2.11. The number of para-hydroxylation sites is 1. The molecule has 0 unspecified atom stereocenters. The maximum atomic E-state index is 12.0. The molecule has 0 saturated carbocycles. The van der Waals surface area contributed by atoms with E-state index >= 15 is 0 Å². The van der Waals surface area contributed by atoms with Gasteiger partial charge in [-0.3, -0.25) is 0 Å². The van der Waals surface area contributed by atoms with E-state index in [1.807, 2.05) is 0 Å². The standard InChI is InChI=1S/C25H17Cl3N2O5S/c1-33-21-9-8-16(26)11-18(21)23-29-30-25(35-23)36-22(24(31)32)10-14-4-2-3-5-20(14)34-13-15-6-7-17(27)12-19(15)28/h2-12H,13H2,1H3,(H,31,32)/b22-10-. The van der Waals surface area contributed by atoms with Gasteiger partial charge in [0.15, 0.2) is 0 Å². The Morgan fingerprint density at radius 2 is 1.78 bits per heavy atom. The van der Waals surface area contributed by atoms with Crippen LogP contribution in [0.15, 0.2) is 75.2 Å². The summed E-state index contributed by atoms with van der Waals surface area (Å²) in [6.07, 6.45) is 1.47. The predicted molar refractivity (Wildman–Crippen MR) is 140 cm³/mol. The minimum atomic E-state index is -1.17. The lowest BCUT2D eigenvalue weighted by Crippen LogP contribution is -2.00. The monoisotopic (exact) mass is 562 g/mol. The van der Waals surface area contributed by atoms with Crippen molar-refractivity contribution in [3.63, 3.8) is 0 Å². The van der Waals surface area contributed by atoms with Crippen molar-refractivity contribution < 1.29 is 23.8 Å². The molecule has 4 rings (SSSR count). The first kappa shape index (κ1) is 25.9. The summed E-state index contributed by atoms with van der Waals surface area (Å²) in [6, 6.07) is 17.1. The molecule has 0 aliphatic carbocycles. The number of thioether (sulfide) groups is 1. The number of carboxylic acid groups (broad SMARTS) is 1. The summed E-state index contributed by atoms with van der Waals surface area (Å²) in [7, 11) is 1.50. The number of halogens is 3. The summed E-state index contributed by atoms with van der Waals surface area (Å²) in [5.41, 5.74) is 1.77. The van der Waals surface area contributed by atoms with Gasteiger partial charge in [-0.05, 0) is 54.2 Å². The molecule has 36 heavy (non-hydrogen) atoms. The van der Waals surface area contributed by atoms with E-state index in [-0.39, 0.29) is 22.6 Å². The topological polar surface area (TPSA) is 94.7 Å². The predicted octanol–water partition coefficient (Wildman–Crippen LogP) is 7.50. The molecule has 0 aliphatic rings. The molecule has 1 aromatic heterocycles. The molecule has 1 N–H and O–H groups in total. The summed E-state index contributed by atoms with van der Waals surface area (Å²) >= 11 is 19.1. The lowest BCUT2D eigenvalue weighted by molar-refractivity contribution is -0.131. The average molecular weight is 564 g/mol. The van der Waals surface area contributed by atoms with Gasteiger partial charge in [-0.1, -0.05) is 59.1 Å².